The number of carbonyl (C=O) groups excluding carboxylic acids is 1. The molecule has 0 spiro atoms. The van der Waals surface area contributed by atoms with E-state index in [1.165, 1.54) is 29.0 Å². The Morgan fingerprint density at radius 1 is 0.971 bits per heavy atom. The highest BCUT2D eigenvalue weighted by Crippen LogP contribution is 2.25. The Kier molecular flexibility index (Phi) is 7.30. The number of carbonyl (C=O) groups is 1. The van der Waals surface area contributed by atoms with Crippen molar-refractivity contribution in [3.05, 3.63) is 88.7 Å². The number of aryl methyl sites for hydroxylation is 1. The molecule has 2 aromatic carbocycles. The highest BCUT2D eigenvalue weighted by Gasteiger charge is 2.25. The summed E-state index contributed by atoms with van der Waals surface area (Å²) in [5, 5.41) is 5.08. The fourth-order valence-corrected chi connectivity index (χ4v) is 5.20. The van der Waals surface area contributed by atoms with Crippen molar-refractivity contribution in [2.45, 2.75) is 19.4 Å². The molecule has 1 aliphatic heterocycles. The number of nitrogens with one attached hydrogen (secondary N) is 1. The largest absolute Gasteiger partial charge is 0.350 e. The number of anilines is 1. The van der Waals surface area contributed by atoms with Crippen LogP contribution in [0.5, 0.6) is 0 Å². The molecule has 1 fully saturated rings. The standard InChI is InChI=1S/C27H28FN5OS/c28-22-10-4-8-21(18-22)19-29-27-30-23-11-17-35-25(23)24(31-27)26(34)33-15-13-32(14-16-33)12-5-9-20-6-2-1-3-7-20/h1-4,6-8,10-11,17-18H,5,9,12-16,19H2,(H,29,30,31). The third-order valence-electron chi connectivity index (χ3n) is 6.29. The summed E-state index contributed by atoms with van der Waals surface area (Å²) in [6.07, 6.45) is 2.18. The van der Waals surface area contributed by atoms with Crippen LogP contribution in [0, 0.1) is 5.82 Å². The Labute approximate surface area is 208 Å². The van der Waals surface area contributed by atoms with Gasteiger partial charge in [0.2, 0.25) is 5.95 Å². The molecule has 6 nitrogen and oxygen atoms in total. The smallest absolute Gasteiger partial charge is 0.274 e. The summed E-state index contributed by atoms with van der Waals surface area (Å²) in [6, 6.07) is 18.9. The van der Waals surface area contributed by atoms with E-state index in [0.29, 0.717) is 31.3 Å². The number of hydrogen-bond donors (Lipinski definition) is 1. The molecule has 1 saturated heterocycles. The zero-order valence-electron chi connectivity index (χ0n) is 19.5. The molecule has 3 heterocycles. The van der Waals surface area contributed by atoms with Gasteiger partial charge in [0, 0.05) is 32.7 Å². The van der Waals surface area contributed by atoms with E-state index in [1.807, 2.05) is 28.5 Å². The summed E-state index contributed by atoms with van der Waals surface area (Å²) in [5.41, 5.74) is 3.33. The normalized spacial score (nSPS) is 14.4. The number of rotatable bonds is 8. The average molecular weight is 490 g/mol. The van der Waals surface area contributed by atoms with E-state index in [1.54, 1.807) is 6.07 Å². The lowest BCUT2D eigenvalue weighted by Crippen LogP contribution is -2.49. The Morgan fingerprint density at radius 3 is 2.57 bits per heavy atom. The first-order valence-corrected chi connectivity index (χ1v) is 12.8. The van der Waals surface area contributed by atoms with Gasteiger partial charge in [0.25, 0.3) is 5.91 Å². The molecule has 1 N–H and O–H groups in total. The molecule has 0 aliphatic carbocycles. The van der Waals surface area contributed by atoms with Crippen molar-refractivity contribution in [2.75, 3.05) is 38.0 Å². The minimum absolute atomic E-state index is 0.0578. The van der Waals surface area contributed by atoms with Crippen LogP contribution in [0.1, 0.15) is 28.0 Å². The number of hydrogen-bond acceptors (Lipinski definition) is 6. The Bertz CT molecular complexity index is 1290. The number of thiophene rings is 1. The maximum Gasteiger partial charge on any atom is 0.274 e. The van der Waals surface area contributed by atoms with E-state index in [4.69, 9.17) is 0 Å². The second kappa shape index (κ2) is 10.9. The van der Waals surface area contributed by atoms with Crippen LogP contribution in [-0.2, 0) is 13.0 Å². The summed E-state index contributed by atoms with van der Waals surface area (Å²) < 4.78 is 14.3. The average Bonchev–Trinajstić information content (AvgIpc) is 3.36. The lowest BCUT2D eigenvalue weighted by atomic mass is 10.1. The van der Waals surface area contributed by atoms with Crippen molar-refractivity contribution in [3.63, 3.8) is 0 Å². The van der Waals surface area contributed by atoms with Gasteiger partial charge in [0.15, 0.2) is 5.69 Å². The fraction of sp³-hybridized carbons (Fsp3) is 0.296. The van der Waals surface area contributed by atoms with Crippen molar-refractivity contribution < 1.29 is 9.18 Å². The van der Waals surface area contributed by atoms with Crippen molar-refractivity contribution in [1.29, 1.82) is 0 Å². The summed E-state index contributed by atoms with van der Waals surface area (Å²) in [7, 11) is 0. The van der Waals surface area contributed by atoms with Crippen LogP contribution in [-0.4, -0.2) is 58.4 Å². The van der Waals surface area contributed by atoms with Gasteiger partial charge in [-0.05, 0) is 54.1 Å². The number of amides is 1. The van der Waals surface area contributed by atoms with Crippen molar-refractivity contribution in [2.24, 2.45) is 0 Å². The second-order valence-corrected chi connectivity index (χ2v) is 9.65. The molecule has 0 atom stereocenters. The summed E-state index contributed by atoms with van der Waals surface area (Å²) in [5.74, 6) is 0.0363. The van der Waals surface area contributed by atoms with Gasteiger partial charge >= 0.3 is 0 Å². The number of halogens is 1. The third-order valence-corrected chi connectivity index (χ3v) is 7.20. The Balaban J connectivity index is 1.20. The highest BCUT2D eigenvalue weighted by molar-refractivity contribution is 7.17. The van der Waals surface area contributed by atoms with Crippen LogP contribution in [0.15, 0.2) is 66.0 Å². The van der Waals surface area contributed by atoms with Gasteiger partial charge in [0.05, 0.1) is 10.2 Å². The van der Waals surface area contributed by atoms with E-state index < -0.39 is 0 Å². The molecule has 5 rings (SSSR count). The van der Waals surface area contributed by atoms with Gasteiger partial charge in [-0.3, -0.25) is 9.69 Å². The first kappa shape index (κ1) is 23.4. The molecule has 4 aromatic rings. The third kappa shape index (κ3) is 5.83. The van der Waals surface area contributed by atoms with Crippen LogP contribution in [0.3, 0.4) is 0 Å². The Hall–Kier alpha value is -3.36. The lowest BCUT2D eigenvalue weighted by molar-refractivity contribution is 0.0632. The first-order valence-electron chi connectivity index (χ1n) is 11.9. The Morgan fingerprint density at radius 2 is 1.77 bits per heavy atom. The van der Waals surface area contributed by atoms with E-state index in [2.05, 4.69) is 44.5 Å². The molecule has 0 bridgehead atoms. The minimum atomic E-state index is -0.284. The predicted octanol–water partition coefficient (Wildman–Crippen LogP) is 4.83. The second-order valence-electron chi connectivity index (χ2n) is 8.74. The SMILES string of the molecule is O=C(c1nc(NCc2cccc(F)c2)nc2ccsc12)N1CCN(CCCc2ccccc2)CC1. The molecule has 1 amide bonds. The van der Waals surface area contributed by atoms with Crippen molar-refractivity contribution in [3.8, 4) is 0 Å². The molecule has 35 heavy (non-hydrogen) atoms. The highest BCUT2D eigenvalue weighted by atomic mass is 32.1. The molecule has 0 radical (unpaired) electrons. The molecule has 0 unspecified atom stereocenters. The minimum Gasteiger partial charge on any atom is -0.350 e. The van der Waals surface area contributed by atoms with Gasteiger partial charge in [-0.25, -0.2) is 14.4 Å². The zero-order valence-corrected chi connectivity index (χ0v) is 20.3. The van der Waals surface area contributed by atoms with E-state index in [0.717, 1.165) is 48.3 Å². The van der Waals surface area contributed by atoms with Gasteiger partial charge in [-0.1, -0.05) is 42.5 Å². The maximum absolute atomic E-state index is 13.5. The predicted molar refractivity (Wildman–Crippen MR) is 138 cm³/mol. The number of nitrogens with zero attached hydrogens (tertiary/aromatic N) is 4. The van der Waals surface area contributed by atoms with Gasteiger partial charge in [0.1, 0.15) is 5.82 Å². The molecule has 2 aromatic heterocycles. The lowest BCUT2D eigenvalue weighted by Gasteiger charge is -2.34. The van der Waals surface area contributed by atoms with Crippen LogP contribution >= 0.6 is 11.3 Å². The summed E-state index contributed by atoms with van der Waals surface area (Å²) >= 11 is 1.48. The summed E-state index contributed by atoms with van der Waals surface area (Å²) in [6.45, 7) is 4.52. The van der Waals surface area contributed by atoms with Crippen LogP contribution < -0.4 is 5.32 Å². The molecule has 0 saturated carbocycles. The van der Waals surface area contributed by atoms with E-state index in [-0.39, 0.29) is 11.7 Å². The molecular weight excluding hydrogens is 461 g/mol. The molecule has 180 valence electrons. The van der Waals surface area contributed by atoms with Crippen LogP contribution in [0.2, 0.25) is 0 Å². The number of benzene rings is 2. The number of aromatic nitrogens is 2. The monoisotopic (exact) mass is 489 g/mol. The van der Waals surface area contributed by atoms with E-state index >= 15 is 0 Å². The van der Waals surface area contributed by atoms with Gasteiger partial charge in [-0.2, -0.15) is 0 Å². The number of piperazine rings is 1. The van der Waals surface area contributed by atoms with Gasteiger partial charge in [-0.15, -0.1) is 11.3 Å². The topological polar surface area (TPSA) is 61.4 Å². The van der Waals surface area contributed by atoms with Gasteiger partial charge < -0.3 is 10.2 Å². The van der Waals surface area contributed by atoms with E-state index in [9.17, 15) is 9.18 Å². The maximum atomic E-state index is 13.5. The van der Waals surface area contributed by atoms with Crippen LogP contribution in [0.25, 0.3) is 10.2 Å². The van der Waals surface area contributed by atoms with Crippen LogP contribution in [0.4, 0.5) is 10.3 Å². The molecule has 1 aliphatic rings. The van der Waals surface area contributed by atoms with Crippen molar-refractivity contribution in [1.82, 2.24) is 19.8 Å². The molecular formula is C27H28FN5OS. The molecule has 8 heteroatoms. The quantitative estimate of drug-likeness (QED) is 0.384. The number of fused-ring (bicyclic) bond motifs is 1. The first-order chi connectivity index (χ1) is 17.2. The zero-order chi connectivity index (χ0) is 24.0. The van der Waals surface area contributed by atoms with Crippen molar-refractivity contribution >= 4 is 33.4 Å². The summed E-state index contributed by atoms with van der Waals surface area (Å²) in [4.78, 5) is 26.9. The fourth-order valence-electron chi connectivity index (χ4n) is 4.39.